The lowest BCUT2D eigenvalue weighted by atomic mass is 10.2. The largest absolute Gasteiger partial charge is 0.481 e. The SMILES string of the molecule is COc1ncccc1CNCc1cccc(F)c1Br. The van der Waals surface area contributed by atoms with E-state index in [9.17, 15) is 4.39 Å². The van der Waals surface area contributed by atoms with E-state index in [4.69, 9.17) is 4.74 Å². The summed E-state index contributed by atoms with van der Waals surface area (Å²) < 4.78 is 19.0. The molecule has 1 N–H and O–H groups in total. The first kappa shape index (κ1) is 14.0. The molecule has 1 aromatic heterocycles. The van der Waals surface area contributed by atoms with Crippen molar-refractivity contribution in [3.8, 4) is 5.88 Å². The number of aromatic nitrogens is 1. The predicted octanol–water partition coefficient (Wildman–Crippen LogP) is 3.28. The quantitative estimate of drug-likeness (QED) is 0.916. The molecule has 2 rings (SSSR count). The fraction of sp³-hybridized carbons (Fsp3) is 0.214. The molecule has 0 fully saturated rings. The molecule has 5 heteroatoms. The molecule has 100 valence electrons. The molecule has 0 amide bonds. The van der Waals surface area contributed by atoms with E-state index in [1.165, 1.54) is 6.07 Å². The highest BCUT2D eigenvalue weighted by Gasteiger charge is 2.06. The zero-order chi connectivity index (χ0) is 13.7. The molecule has 0 saturated heterocycles. The normalized spacial score (nSPS) is 10.5. The number of rotatable bonds is 5. The maximum atomic E-state index is 13.3. The van der Waals surface area contributed by atoms with E-state index >= 15 is 0 Å². The van der Waals surface area contributed by atoms with Crippen LogP contribution < -0.4 is 10.1 Å². The van der Waals surface area contributed by atoms with Crippen LogP contribution in [0.4, 0.5) is 4.39 Å². The summed E-state index contributed by atoms with van der Waals surface area (Å²) in [7, 11) is 1.59. The van der Waals surface area contributed by atoms with Crippen molar-refractivity contribution in [2.24, 2.45) is 0 Å². The van der Waals surface area contributed by atoms with Crippen molar-refractivity contribution in [2.45, 2.75) is 13.1 Å². The highest BCUT2D eigenvalue weighted by Crippen LogP contribution is 2.20. The molecule has 1 aromatic carbocycles. The summed E-state index contributed by atoms with van der Waals surface area (Å²) in [6, 6.07) is 8.80. The summed E-state index contributed by atoms with van der Waals surface area (Å²) in [4.78, 5) is 4.12. The van der Waals surface area contributed by atoms with Gasteiger partial charge in [-0.15, -0.1) is 0 Å². The molecule has 0 unspecified atom stereocenters. The van der Waals surface area contributed by atoms with Crippen molar-refractivity contribution in [3.05, 3.63) is 57.9 Å². The van der Waals surface area contributed by atoms with Gasteiger partial charge in [0.15, 0.2) is 0 Å². The lowest BCUT2D eigenvalue weighted by Gasteiger charge is -2.09. The molecule has 0 spiro atoms. The van der Waals surface area contributed by atoms with E-state index in [0.717, 1.165) is 11.1 Å². The Hall–Kier alpha value is -1.46. The molecular formula is C14H14BrFN2O. The van der Waals surface area contributed by atoms with Crippen molar-refractivity contribution in [3.63, 3.8) is 0 Å². The molecule has 0 atom stereocenters. The lowest BCUT2D eigenvalue weighted by Crippen LogP contribution is -2.14. The number of methoxy groups -OCH3 is 1. The molecule has 2 aromatic rings. The second kappa shape index (κ2) is 6.63. The minimum Gasteiger partial charge on any atom is -0.481 e. The fourth-order valence-electron chi connectivity index (χ4n) is 1.76. The number of pyridine rings is 1. The van der Waals surface area contributed by atoms with Gasteiger partial charge < -0.3 is 10.1 Å². The molecule has 19 heavy (non-hydrogen) atoms. The van der Waals surface area contributed by atoms with Gasteiger partial charge in [-0.25, -0.2) is 9.37 Å². The molecule has 0 aliphatic rings. The van der Waals surface area contributed by atoms with Crippen LogP contribution in [0.2, 0.25) is 0 Å². The van der Waals surface area contributed by atoms with Crippen LogP contribution in [0.1, 0.15) is 11.1 Å². The van der Waals surface area contributed by atoms with Gasteiger partial charge in [0.2, 0.25) is 5.88 Å². The van der Waals surface area contributed by atoms with Crippen LogP contribution in [0.25, 0.3) is 0 Å². The summed E-state index contributed by atoms with van der Waals surface area (Å²) in [5.41, 5.74) is 1.85. The zero-order valence-corrected chi connectivity index (χ0v) is 12.1. The number of ether oxygens (including phenoxy) is 1. The predicted molar refractivity (Wildman–Crippen MR) is 75.4 cm³/mol. The molecule has 1 heterocycles. The van der Waals surface area contributed by atoms with Crippen LogP contribution in [0.3, 0.4) is 0 Å². The second-order valence-electron chi connectivity index (χ2n) is 3.99. The number of halogens is 2. The molecule has 0 aliphatic heterocycles. The third-order valence-electron chi connectivity index (χ3n) is 2.71. The van der Waals surface area contributed by atoms with E-state index in [0.29, 0.717) is 23.4 Å². The maximum absolute atomic E-state index is 13.3. The Morgan fingerprint density at radius 2 is 1.95 bits per heavy atom. The van der Waals surface area contributed by atoms with Crippen LogP contribution in [0, 0.1) is 5.82 Å². The number of hydrogen-bond acceptors (Lipinski definition) is 3. The Bertz CT molecular complexity index is 563. The molecule has 0 radical (unpaired) electrons. The van der Waals surface area contributed by atoms with E-state index in [2.05, 4.69) is 26.2 Å². The summed E-state index contributed by atoms with van der Waals surface area (Å²) in [5.74, 6) is 0.353. The van der Waals surface area contributed by atoms with Gasteiger partial charge in [-0.05, 0) is 33.6 Å². The minimum atomic E-state index is -0.252. The second-order valence-corrected chi connectivity index (χ2v) is 4.78. The van der Waals surface area contributed by atoms with Gasteiger partial charge in [-0.2, -0.15) is 0 Å². The zero-order valence-electron chi connectivity index (χ0n) is 10.5. The topological polar surface area (TPSA) is 34.1 Å². The third-order valence-corrected chi connectivity index (χ3v) is 3.59. The van der Waals surface area contributed by atoms with Gasteiger partial charge in [0.25, 0.3) is 0 Å². The monoisotopic (exact) mass is 324 g/mol. The first-order valence-corrected chi connectivity index (χ1v) is 6.63. The molecule has 0 saturated carbocycles. The van der Waals surface area contributed by atoms with Crippen LogP contribution in [0.15, 0.2) is 41.0 Å². The van der Waals surface area contributed by atoms with Crippen LogP contribution >= 0.6 is 15.9 Å². The van der Waals surface area contributed by atoms with Crippen molar-refractivity contribution >= 4 is 15.9 Å². The van der Waals surface area contributed by atoms with Crippen molar-refractivity contribution in [2.75, 3.05) is 7.11 Å². The maximum Gasteiger partial charge on any atom is 0.217 e. The highest BCUT2D eigenvalue weighted by atomic mass is 79.9. The van der Waals surface area contributed by atoms with E-state index < -0.39 is 0 Å². The van der Waals surface area contributed by atoms with Crippen LogP contribution in [-0.2, 0) is 13.1 Å². The van der Waals surface area contributed by atoms with Crippen molar-refractivity contribution in [1.82, 2.24) is 10.3 Å². The Morgan fingerprint density at radius 1 is 1.21 bits per heavy atom. The number of nitrogens with one attached hydrogen (secondary N) is 1. The first-order valence-electron chi connectivity index (χ1n) is 5.84. The lowest BCUT2D eigenvalue weighted by molar-refractivity contribution is 0.390. The Morgan fingerprint density at radius 3 is 2.74 bits per heavy atom. The Balaban J connectivity index is 1.98. The van der Waals surface area contributed by atoms with Gasteiger partial charge in [-0.1, -0.05) is 18.2 Å². The van der Waals surface area contributed by atoms with E-state index in [1.54, 1.807) is 19.4 Å². The third kappa shape index (κ3) is 3.52. The van der Waals surface area contributed by atoms with Crippen molar-refractivity contribution < 1.29 is 9.13 Å². The first-order chi connectivity index (χ1) is 9.22. The molecular weight excluding hydrogens is 311 g/mol. The average Bonchev–Trinajstić information content (AvgIpc) is 2.44. The number of hydrogen-bond donors (Lipinski definition) is 1. The molecule has 0 bridgehead atoms. The summed E-state index contributed by atoms with van der Waals surface area (Å²) in [6.45, 7) is 1.18. The Kier molecular flexibility index (Phi) is 4.87. The van der Waals surface area contributed by atoms with Crippen LogP contribution in [0.5, 0.6) is 5.88 Å². The minimum absolute atomic E-state index is 0.252. The highest BCUT2D eigenvalue weighted by molar-refractivity contribution is 9.10. The smallest absolute Gasteiger partial charge is 0.217 e. The Labute approximate surface area is 119 Å². The summed E-state index contributed by atoms with van der Waals surface area (Å²) in [6.07, 6.45) is 1.69. The number of benzene rings is 1. The standard InChI is InChI=1S/C14H14BrFN2O/c1-19-14-11(5-3-7-18-14)9-17-8-10-4-2-6-12(16)13(10)15/h2-7,17H,8-9H2,1H3. The van der Waals surface area contributed by atoms with Gasteiger partial charge >= 0.3 is 0 Å². The summed E-state index contributed by atoms with van der Waals surface area (Å²) in [5, 5.41) is 3.24. The van der Waals surface area contributed by atoms with Gasteiger partial charge in [0, 0.05) is 24.8 Å². The van der Waals surface area contributed by atoms with Crippen LogP contribution in [-0.4, -0.2) is 12.1 Å². The number of nitrogens with zero attached hydrogens (tertiary/aromatic N) is 1. The average molecular weight is 325 g/mol. The van der Waals surface area contributed by atoms with Crippen molar-refractivity contribution in [1.29, 1.82) is 0 Å². The molecule has 3 nitrogen and oxygen atoms in total. The van der Waals surface area contributed by atoms with Gasteiger partial charge in [0.1, 0.15) is 5.82 Å². The molecule has 0 aliphatic carbocycles. The van der Waals surface area contributed by atoms with E-state index in [-0.39, 0.29) is 5.82 Å². The fourth-order valence-corrected chi connectivity index (χ4v) is 2.16. The van der Waals surface area contributed by atoms with Gasteiger partial charge in [-0.3, -0.25) is 0 Å². The summed E-state index contributed by atoms with van der Waals surface area (Å²) >= 11 is 3.24. The van der Waals surface area contributed by atoms with E-state index in [1.807, 2.05) is 18.2 Å². The van der Waals surface area contributed by atoms with Gasteiger partial charge in [0.05, 0.1) is 11.6 Å².